The summed E-state index contributed by atoms with van der Waals surface area (Å²) >= 11 is 0. The number of aryl methyl sites for hydroxylation is 1. The molecule has 1 N–H and O–H groups in total. The summed E-state index contributed by atoms with van der Waals surface area (Å²) in [4.78, 5) is 13.5. The predicted octanol–water partition coefficient (Wildman–Crippen LogP) is 2.11. The summed E-state index contributed by atoms with van der Waals surface area (Å²) in [5, 5.41) is 3.04. The molecular weight excluding hydrogens is 248 g/mol. The second-order valence-electron chi connectivity index (χ2n) is 4.26. The number of nitrogens with one attached hydrogen (secondary N) is 1. The van der Waals surface area contributed by atoms with Gasteiger partial charge in [0.15, 0.2) is 0 Å². The summed E-state index contributed by atoms with van der Waals surface area (Å²) in [6, 6.07) is 10.3. The molecule has 3 nitrogen and oxygen atoms in total. The molecule has 0 bridgehead atoms. The van der Waals surface area contributed by atoms with Crippen LogP contribution in [0.2, 0.25) is 0 Å². The van der Waals surface area contributed by atoms with E-state index in [1.54, 1.807) is 4.90 Å². The summed E-state index contributed by atoms with van der Waals surface area (Å²) in [7, 11) is 3.76. The minimum atomic E-state index is 0. The Kier molecular flexibility index (Phi) is 9.33. The number of nitrogens with zero attached hydrogens (tertiary/aromatic N) is 1. The fraction of sp³-hybridized carbons (Fsp3) is 0.500. The van der Waals surface area contributed by atoms with Crippen molar-refractivity contribution in [3.8, 4) is 0 Å². The number of hydrogen-bond acceptors (Lipinski definition) is 2. The maximum atomic E-state index is 11.7. The summed E-state index contributed by atoms with van der Waals surface area (Å²) in [6.07, 6.45) is 2.54. The molecule has 0 aliphatic rings. The summed E-state index contributed by atoms with van der Waals surface area (Å²) < 4.78 is 0. The van der Waals surface area contributed by atoms with Gasteiger partial charge in [0.25, 0.3) is 0 Å². The largest absolute Gasteiger partial charge is 0.344 e. The molecule has 0 spiro atoms. The highest BCUT2D eigenvalue weighted by Crippen LogP contribution is 2.05. The van der Waals surface area contributed by atoms with E-state index in [2.05, 4.69) is 17.4 Å². The average molecular weight is 271 g/mol. The van der Waals surface area contributed by atoms with Crippen molar-refractivity contribution in [2.75, 3.05) is 27.2 Å². The Morgan fingerprint density at radius 1 is 1.28 bits per heavy atom. The van der Waals surface area contributed by atoms with E-state index in [9.17, 15) is 4.79 Å². The molecule has 4 heteroatoms. The van der Waals surface area contributed by atoms with Crippen molar-refractivity contribution in [3.05, 3.63) is 35.9 Å². The lowest BCUT2D eigenvalue weighted by atomic mass is 10.1. The zero-order valence-electron chi connectivity index (χ0n) is 11.2. The first kappa shape index (κ1) is 16.9. The van der Waals surface area contributed by atoms with E-state index in [4.69, 9.17) is 0 Å². The van der Waals surface area contributed by atoms with Crippen LogP contribution in [0.1, 0.15) is 18.4 Å². The van der Waals surface area contributed by atoms with Crippen LogP contribution in [0.3, 0.4) is 0 Å². The Hall–Kier alpha value is -1.06. The number of amides is 1. The van der Waals surface area contributed by atoms with Crippen molar-refractivity contribution < 1.29 is 4.79 Å². The van der Waals surface area contributed by atoms with E-state index in [-0.39, 0.29) is 18.3 Å². The Balaban J connectivity index is 0.00000289. The standard InChI is InChI=1S/C14H22N2O.ClH/c1-15-11-12-16(2)14(17)10-6-9-13-7-4-3-5-8-13;/h3-5,7-8,15H,6,9-12H2,1-2H3;1H. The van der Waals surface area contributed by atoms with Gasteiger partial charge in [-0.15, -0.1) is 12.4 Å². The summed E-state index contributed by atoms with van der Waals surface area (Å²) in [5.74, 6) is 0.233. The predicted molar refractivity (Wildman–Crippen MR) is 78.2 cm³/mol. The average Bonchev–Trinajstić information content (AvgIpc) is 2.37. The number of likely N-dealkylation sites (N-methyl/N-ethyl adjacent to an activating group) is 2. The summed E-state index contributed by atoms with van der Waals surface area (Å²) in [6.45, 7) is 1.63. The van der Waals surface area contributed by atoms with E-state index in [0.29, 0.717) is 6.42 Å². The molecule has 0 fully saturated rings. The maximum absolute atomic E-state index is 11.7. The molecular formula is C14H23ClN2O. The van der Waals surface area contributed by atoms with Crippen LogP contribution in [0.5, 0.6) is 0 Å². The second kappa shape index (κ2) is 9.92. The first-order valence-electron chi connectivity index (χ1n) is 6.16. The van der Waals surface area contributed by atoms with E-state index in [0.717, 1.165) is 25.9 Å². The second-order valence-corrected chi connectivity index (χ2v) is 4.26. The first-order chi connectivity index (χ1) is 8.24. The minimum absolute atomic E-state index is 0. The van der Waals surface area contributed by atoms with Crippen LogP contribution in [0.15, 0.2) is 30.3 Å². The van der Waals surface area contributed by atoms with E-state index >= 15 is 0 Å². The Bertz CT molecular complexity index is 330. The van der Waals surface area contributed by atoms with Gasteiger partial charge in [0.1, 0.15) is 0 Å². The van der Waals surface area contributed by atoms with Crippen molar-refractivity contribution in [1.82, 2.24) is 10.2 Å². The monoisotopic (exact) mass is 270 g/mol. The van der Waals surface area contributed by atoms with Crippen LogP contribution in [0.4, 0.5) is 0 Å². The Labute approximate surface area is 116 Å². The van der Waals surface area contributed by atoms with E-state index in [1.165, 1.54) is 5.56 Å². The third-order valence-corrected chi connectivity index (χ3v) is 2.82. The van der Waals surface area contributed by atoms with Crippen LogP contribution in [0, 0.1) is 0 Å². The summed E-state index contributed by atoms with van der Waals surface area (Å²) in [5.41, 5.74) is 1.30. The number of halogens is 1. The van der Waals surface area contributed by atoms with Gasteiger partial charge < -0.3 is 10.2 Å². The van der Waals surface area contributed by atoms with Gasteiger partial charge in [-0.25, -0.2) is 0 Å². The molecule has 1 aromatic carbocycles. The molecule has 1 aromatic rings. The van der Waals surface area contributed by atoms with Gasteiger partial charge in [0.05, 0.1) is 0 Å². The number of hydrogen-bond donors (Lipinski definition) is 1. The first-order valence-corrected chi connectivity index (χ1v) is 6.16. The van der Waals surface area contributed by atoms with Gasteiger partial charge >= 0.3 is 0 Å². The molecule has 0 unspecified atom stereocenters. The normalized spacial score (nSPS) is 9.67. The van der Waals surface area contributed by atoms with Crippen molar-refractivity contribution in [2.45, 2.75) is 19.3 Å². The quantitative estimate of drug-likeness (QED) is 0.823. The van der Waals surface area contributed by atoms with Crippen molar-refractivity contribution in [2.24, 2.45) is 0 Å². The van der Waals surface area contributed by atoms with Gasteiger partial charge in [-0.05, 0) is 25.5 Å². The highest BCUT2D eigenvalue weighted by molar-refractivity contribution is 5.85. The molecule has 0 heterocycles. The minimum Gasteiger partial charge on any atom is -0.344 e. The molecule has 0 radical (unpaired) electrons. The fourth-order valence-electron chi connectivity index (χ4n) is 1.68. The van der Waals surface area contributed by atoms with Gasteiger partial charge in [0, 0.05) is 26.6 Å². The number of carbonyl (C=O) groups is 1. The van der Waals surface area contributed by atoms with Crippen LogP contribution in [-0.2, 0) is 11.2 Å². The number of benzene rings is 1. The van der Waals surface area contributed by atoms with E-state index in [1.807, 2.05) is 32.3 Å². The SMILES string of the molecule is CNCCN(C)C(=O)CCCc1ccccc1.Cl. The van der Waals surface area contributed by atoms with Crippen LogP contribution in [-0.4, -0.2) is 38.0 Å². The molecule has 18 heavy (non-hydrogen) atoms. The molecule has 102 valence electrons. The third kappa shape index (κ3) is 6.62. The zero-order valence-corrected chi connectivity index (χ0v) is 12.0. The third-order valence-electron chi connectivity index (χ3n) is 2.82. The maximum Gasteiger partial charge on any atom is 0.222 e. The lowest BCUT2D eigenvalue weighted by Gasteiger charge is -2.16. The molecule has 0 aromatic heterocycles. The van der Waals surface area contributed by atoms with Gasteiger partial charge in [-0.2, -0.15) is 0 Å². The molecule has 1 amide bonds. The lowest BCUT2D eigenvalue weighted by molar-refractivity contribution is -0.129. The van der Waals surface area contributed by atoms with Crippen LogP contribution < -0.4 is 5.32 Å². The van der Waals surface area contributed by atoms with Gasteiger partial charge in [-0.1, -0.05) is 30.3 Å². The highest BCUT2D eigenvalue weighted by atomic mass is 35.5. The van der Waals surface area contributed by atoms with Crippen molar-refractivity contribution >= 4 is 18.3 Å². The Morgan fingerprint density at radius 2 is 1.94 bits per heavy atom. The highest BCUT2D eigenvalue weighted by Gasteiger charge is 2.07. The van der Waals surface area contributed by atoms with Crippen molar-refractivity contribution in [1.29, 1.82) is 0 Å². The zero-order chi connectivity index (χ0) is 12.5. The molecule has 1 rings (SSSR count). The van der Waals surface area contributed by atoms with Gasteiger partial charge in [-0.3, -0.25) is 4.79 Å². The van der Waals surface area contributed by atoms with Crippen molar-refractivity contribution in [3.63, 3.8) is 0 Å². The molecule has 0 aliphatic carbocycles. The smallest absolute Gasteiger partial charge is 0.222 e. The number of rotatable bonds is 7. The molecule has 0 saturated carbocycles. The molecule has 0 atom stereocenters. The van der Waals surface area contributed by atoms with E-state index < -0.39 is 0 Å². The fourth-order valence-corrected chi connectivity index (χ4v) is 1.68. The topological polar surface area (TPSA) is 32.3 Å². The Morgan fingerprint density at radius 3 is 2.56 bits per heavy atom. The van der Waals surface area contributed by atoms with Gasteiger partial charge in [0.2, 0.25) is 5.91 Å². The van der Waals surface area contributed by atoms with Crippen LogP contribution >= 0.6 is 12.4 Å². The molecule has 0 aliphatic heterocycles. The molecule has 0 saturated heterocycles. The number of carbonyl (C=O) groups excluding carboxylic acids is 1. The lowest BCUT2D eigenvalue weighted by Crippen LogP contribution is -2.32. The van der Waals surface area contributed by atoms with Crippen LogP contribution in [0.25, 0.3) is 0 Å².